The van der Waals surface area contributed by atoms with Gasteiger partial charge in [-0.2, -0.15) is 4.98 Å². The van der Waals surface area contributed by atoms with Crippen LogP contribution in [-0.4, -0.2) is 40.2 Å². The maximum absolute atomic E-state index is 11.8. The van der Waals surface area contributed by atoms with Gasteiger partial charge in [0, 0.05) is 13.6 Å². The highest BCUT2D eigenvalue weighted by molar-refractivity contribution is 5.77. The second kappa shape index (κ2) is 9.47. The van der Waals surface area contributed by atoms with E-state index in [0.717, 1.165) is 5.56 Å². The Hall–Kier alpha value is -3.72. The molecular formula is C20H21N5O4. The summed E-state index contributed by atoms with van der Waals surface area (Å²) in [5.41, 5.74) is 0.816. The summed E-state index contributed by atoms with van der Waals surface area (Å²) in [6.45, 7) is 0.425. The van der Waals surface area contributed by atoms with Crippen molar-refractivity contribution in [3.05, 3.63) is 75.9 Å². The molecule has 0 spiro atoms. The van der Waals surface area contributed by atoms with Crippen molar-refractivity contribution in [3.8, 4) is 0 Å². The summed E-state index contributed by atoms with van der Waals surface area (Å²) in [5, 5.41) is 24.0. The molecule has 0 saturated heterocycles. The monoisotopic (exact) mass is 395 g/mol. The quantitative estimate of drug-likeness (QED) is 0.419. The smallest absolute Gasteiger partial charge is 0.336 e. The number of furan rings is 1. The molecule has 0 amide bonds. The van der Waals surface area contributed by atoms with Gasteiger partial charge in [-0.05, 0) is 23.8 Å². The highest BCUT2D eigenvalue weighted by Gasteiger charge is 2.24. The predicted molar refractivity (Wildman–Crippen MR) is 110 cm³/mol. The molecule has 0 aliphatic carbocycles. The Balaban J connectivity index is 2.02. The minimum atomic E-state index is -0.509. The van der Waals surface area contributed by atoms with E-state index in [2.05, 4.69) is 15.3 Å². The molecule has 0 fully saturated rings. The van der Waals surface area contributed by atoms with E-state index in [1.807, 2.05) is 30.3 Å². The molecule has 3 aromatic rings. The summed E-state index contributed by atoms with van der Waals surface area (Å²) in [4.78, 5) is 21.6. The van der Waals surface area contributed by atoms with Crippen LogP contribution in [0.2, 0.25) is 0 Å². The maximum atomic E-state index is 11.8. The number of aromatic nitrogens is 2. The summed E-state index contributed by atoms with van der Waals surface area (Å²) in [7, 11) is 1.71. The minimum Gasteiger partial charge on any atom is -0.467 e. The van der Waals surface area contributed by atoms with E-state index in [4.69, 9.17) is 4.42 Å². The Morgan fingerprint density at radius 2 is 2.00 bits per heavy atom. The molecule has 1 aromatic carbocycles. The van der Waals surface area contributed by atoms with Crippen molar-refractivity contribution in [2.24, 2.45) is 0 Å². The lowest BCUT2D eigenvalue weighted by molar-refractivity contribution is -0.384. The van der Waals surface area contributed by atoms with Gasteiger partial charge in [-0.25, -0.2) is 4.98 Å². The summed E-state index contributed by atoms with van der Waals surface area (Å²) in [6, 6.07) is 12.9. The highest BCUT2D eigenvalue weighted by atomic mass is 16.6. The molecule has 2 N–H and O–H groups in total. The van der Waals surface area contributed by atoms with Gasteiger partial charge in [-0.1, -0.05) is 36.4 Å². The van der Waals surface area contributed by atoms with Gasteiger partial charge in [0.15, 0.2) is 0 Å². The number of nitrogens with zero attached hydrogens (tertiary/aromatic N) is 4. The standard InChI is InChI=1S/C20H21N5O4/c1-24(11-12-26)20-22-17(10-9-15-6-3-2-4-7-15)18(25(27)28)19(23-20)21-14-16-8-5-13-29-16/h2-10,13,26H,11-12,14H2,1H3,(H,21,22,23). The molecule has 0 radical (unpaired) electrons. The van der Waals surface area contributed by atoms with E-state index >= 15 is 0 Å². The third-order valence-corrected chi connectivity index (χ3v) is 4.10. The molecule has 3 rings (SSSR count). The van der Waals surface area contributed by atoms with Gasteiger partial charge >= 0.3 is 5.69 Å². The van der Waals surface area contributed by atoms with Crippen LogP contribution in [0.5, 0.6) is 0 Å². The van der Waals surface area contributed by atoms with Crippen LogP contribution < -0.4 is 10.2 Å². The number of benzene rings is 1. The third-order valence-electron chi connectivity index (χ3n) is 4.10. The molecule has 9 nitrogen and oxygen atoms in total. The molecule has 0 bridgehead atoms. The molecule has 150 valence electrons. The predicted octanol–water partition coefficient (Wildman–Crippen LogP) is 3.19. The first kappa shape index (κ1) is 20.0. The molecule has 0 saturated carbocycles. The lowest BCUT2D eigenvalue weighted by Crippen LogP contribution is -2.24. The molecule has 0 unspecified atom stereocenters. The second-order valence-corrected chi connectivity index (χ2v) is 6.19. The molecule has 0 aliphatic rings. The van der Waals surface area contributed by atoms with Gasteiger partial charge in [-0.15, -0.1) is 0 Å². The van der Waals surface area contributed by atoms with Crippen molar-refractivity contribution in [1.82, 2.24) is 9.97 Å². The molecule has 2 heterocycles. The molecule has 0 atom stereocenters. The second-order valence-electron chi connectivity index (χ2n) is 6.19. The van der Waals surface area contributed by atoms with Gasteiger partial charge in [0.25, 0.3) is 0 Å². The number of aliphatic hydroxyl groups is 1. The number of nitro groups is 1. The Kier molecular flexibility index (Phi) is 6.54. The van der Waals surface area contributed by atoms with Gasteiger partial charge < -0.3 is 19.7 Å². The average Bonchev–Trinajstić information content (AvgIpc) is 3.24. The van der Waals surface area contributed by atoms with Crippen molar-refractivity contribution in [2.45, 2.75) is 6.54 Å². The van der Waals surface area contributed by atoms with Crippen molar-refractivity contribution in [2.75, 3.05) is 30.4 Å². The summed E-state index contributed by atoms with van der Waals surface area (Å²) < 4.78 is 5.27. The zero-order chi connectivity index (χ0) is 20.6. The van der Waals surface area contributed by atoms with Crippen LogP contribution in [0, 0.1) is 10.1 Å². The van der Waals surface area contributed by atoms with E-state index < -0.39 is 4.92 Å². The number of aliphatic hydroxyl groups excluding tert-OH is 1. The first-order chi connectivity index (χ1) is 14.1. The Morgan fingerprint density at radius 1 is 1.21 bits per heavy atom. The zero-order valence-corrected chi connectivity index (χ0v) is 15.9. The summed E-state index contributed by atoms with van der Waals surface area (Å²) in [6.07, 6.45) is 4.87. The fourth-order valence-electron chi connectivity index (χ4n) is 2.62. The fourth-order valence-corrected chi connectivity index (χ4v) is 2.62. The number of nitrogens with one attached hydrogen (secondary N) is 1. The topological polar surface area (TPSA) is 118 Å². The number of rotatable bonds is 9. The van der Waals surface area contributed by atoms with E-state index in [-0.39, 0.29) is 42.8 Å². The lowest BCUT2D eigenvalue weighted by Gasteiger charge is -2.17. The van der Waals surface area contributed by atoms with Crippen LogP contribution in [0.25, 0.3) is 12.2 Å². The molecular weight excluding hydrogens is 374 g/mol. The normalized spacial score (nSPS) is 11.0. The van der Waals surface area contributed by atoms with Crippen LogP contribution in [0.4, 0.5) is 17.5 Å². The molecule has 2 aromatic heterocycles. The van der Waals surface area contributed by atoms with Gasteiger partial charge in [0.2, 0.25) is 11.8 Å². The Morgan fingerprint density at radius 3 is 2.66 bits per heavy atom. The molecule has 0 aliphatic heterocycles. The first-order valence-electron chi connectivity index (χ1n) is 8.96. The number of likely N-dealkylation sites (N-methyl/N-ethyl adjacent to an activating group) is 1. The Labute approximate surface area is 167 Å². The van der Waals surface area contributed by atoms with Crippen LogP contribution >= 0.6 is 0 Å². The number of hydrogen-bond donors (Lipinski definition) is 2. The number of anilines is 2. The van der Waals surface area contributed by atoms with Crippen molar-refractivity contribution in [3.63, 3.8) is 0 Å². The van der Waals surface area contributed by atoms with Crippen LogP contribution in [-0.2, 0) is 6.54 Å². The van der Waals surface area contributed by atoms with Crippen molar-refractivity contribution < 1.29 is 14.4 Å². The number of hydrogen-bond acceptors (Lipinski definition) is 8. The molecule has 29 heavy (non-hydrogen) atoms. The van der Waals surface area contributed by atoms with E-state index in [9.17, 15) is 15.2 Å². The summed E-state index contributed by atoms with van der Waals surface area (Å²) >= 11 is 0. The van der Waals surface area contributed by atoms with E-state index in [0.29, 0.717) is 5.76 Å². The fraction of sp³-hybridized carbons (Fsp3) is 0.200. The van der Waals surface area contributed by atoms with Crippen LogP contribution in [0.3, 0.4) is 0 Å². The maximum Gasteiger partial charge on any atom is 0.336 e. The van der Waals surface area contributed by atoms with Gasteiger partial charge in [0.1, 0.15) is 11.5 Å². The molecule has 9 heteroatoms. The Bertz CT molecular complexity index is 974. The zero-order valence-electron chi connectivity index (χ0n) is 15.9. The largest absolute Gasteiger partial charge is 0.467 e. The van der Waals surface area contributed by atoms with E-state index in [1.54, 1.807) is 36.2 Å². The van der Waals surface area contributed by atoms with Gasteiger partial charge in [-0.3, -0.25) is 10.1 Å². The average molecular weight is 395 g/mol. The van der Waals surface area contributed by atoms with Crippen molar-refractivity contribution in [1.29, 1.82) is 0 Å². The lowest BCUT2D eigenvalue weighted by atomic mass is 10.2. The highest BCUT2D eigenvalue weighted by Crippen LogP contribution is 2.30. The van der Waals surface area contributed by atoms with E-state index in [1.165, 1.54) is 6.26 Å². The first-order valence-corrected chi connectivity index (χ1v) is 8.96. The van der Waals surface area contributed by atoms with Crippen LogP contribution in [0.15, 0.2) is 53.1 Å². The third kappa shape index (κ3) is 5.17. The van der Waals surface area contributed by atoms with Crippen LogP contribution in [0.1, 0.15) is 17.0 Å². The SMILES string of the molecule is CN(CCO)c1nc(C=Cc2ccccc2)c([N+](=O)[O-])c(NCc2ccco2)n1. The van der Waals surface area contributed by atoms with Crippen molar-refractivity contribution >= 4 is 29.6 Å². The minimum absolute atomic E-state index is 0.0777. The summed E-state index contributed by atoms with van der Waals surface area (Å²) in [5.74, 6) is 0.956. The van der Waals surface area contributed by atoms with Gasteiger partial charge in [0.05, 0.1) is 24.3 Å².